The van der Waals surface area contributed by atoms with Gasteiger partial charge in [0.15, 0.2) is 5.78 Å². The third-order valence-corrected chi connectivity index (χ3v) is 5.48. The van der Waals surface area contributed by atoms with Crippen LogP contribution >= 0.6 is 0 Å². The van der Waals surface area contributed by atoms with E-state index in [0.29, 0.717) is 16.7 Å². The summed E-state index contributed by atoms with van der Waals surface area (Å²) in [7, 11) is 0. The van der Waals surface area contributed by atoms with Crippen molar-refractivity contribution in [2.75, 3.05) is 0 Å². The third kappa shape index (κ3) is 3.06. The molecule has 3 aromatic heterocycles. The Morgan fingerprint density at radius 2 is 1.84 bits per heavy atom. The number of hydrogen-bond donors (Lipinski definition) is 0. The molecule has 7 heteroatoms. The fourth-order valence-corrected chi connectivity index (χ4v) is 4.00. The van der Waals surface area contributed by atoms with Gasteiger partial charge in [-0.15, -0.1) is 0 Å². The smallest absolute Gasteiger partial charge is 0.297 e. The van der Waals surface area contributed by atoms with Gasteiger partial charge in [0, 0.05) is 28.0 Å². The van der Waals surface area contributed by atoms with E-state index in [-0.39, 0.29) is 23.7 Å². The Kier molecular flexibility index (Phi) is 4.32. The molecule has 2 aromatic carbocycles. The van der Waals surface area contributed by atoms with Crippen LogP contribution in [-0.4, -0.2) is 19.9 Å². The van der Waals surface area contributed by atoms with Crippen LogP contribution in [0.2, 0.25) is 0 Å². The van der Waals surface area contributed by atoms with Gasteiger partial charge in [0.05, 0.1) is 12.9 Å². The highest BCUT2D eigenvalue weighted by Gasteiger charge is 2.19. The van der Waals surface area contributed by atoms with E-state index < -0.39 is 5.56 Å². The van der Waals surface area contributed by atoms with E-state index >= 15 is 0 Å². The largest absolute Gasteiger partial charge is 0.448 e. The van der Waals surface area contributed by atoms with Crippen LogP contribution in [0.15, 0.2) is 70.1 Å². The Morgan fingerprint density at radius 3 is 2.61 bits per heavy atom. The van der Waals surface area contributed by atoms with E-state index in [9.17, 15) is 14.0 Å². The van der Waals surface area contributed by atoms with E-state index in [4.69, 9.17) is 4.42 Å². The number of hydrogen-bond acceptors (Lipinski definition) is 4. The summed E-state index contributed by atoms with van der Waals surface area (Å²) in [5.41, 5.74) is 3.62. The Balaban J connectivity index is 1.52. The summed E-state index contributed by atoms with van der Waals surface area (Å²) in [6.07, 6.45) is 1.38. The van der Waals surface area contributed by atoms with Gasteiger partial charge in [0.25, 0.3) is 5.56 Å². The van der Waals surface area contributed by atoms with Crippen LogP contribution < -0.4 is 5.56 Å². The first-order valence-corrected chi connectivity index (χ1v) is 9.79. The number of nitrogens with zero attached hydrogens (tertiary/aromatic N) is 3. The molecule has 0 unspecified atom stereocenters. The van der Waals surface area contributed by atoms with Crippen molar-refractivity contribution >= 4 is 27.9 Å². The fourth-order valence-electron chi connectivity index (χ4n) is 4.00. The number of fused-ring (bicyclic) bond motifs is 3. The molecule has 5 rings (SSSR count). The van der Waals surface area contributed by atoms with Crippen LogP contribution in [0.1, 0.15) is 21.7 Å². The molecule has 0 radical (unpaired) electrons. The average molecular weight is 415 g/mol. The fraction of sp³-hybridized carbons (Fsp3) is 0.125. The minimum atomic E-state index is -0.401. The molecule has 0 atom stereocenters. The van der Waals surface area contributed by atoms with Crippen molar-refractivity contribution in [2.24, 2.45) is 0 Å². The Morgan fingerprint density at radius 1 is 1.10 bits per heavy atom. The number of ketones is 1. The third-order valence-electron chi connectivity index (χ3n) is 5.48. The number of para-hydroxylation sites is 1. The van der Waals surface area contributed by atoms with Gasteiger partial charge >= 0.3 is 0 Å². The molecule has 31 heavy (non-hydrogen) atoms. The summed E-state index contributed by atoms with van der Waals surface area (Å²) >= 11 is 0. The zero-order valence-electron chi connectivity index (χ0n) is 16.9. The molecule has 0 fully saturated rings. The molecule has 154 valence electrons. The van der Waals surface area contributed by atoms with Crippen molar-refractivity contribution in [1.82, 2.24) is 14.1 Å². The monoisotopic (exact) mass is 415 g/mol. The van der Waals surface area contributed by atoms with Crippen LogP contribution in [0, 0.1) is 19.7 Å². The maximum absolute atomic E-state index is 13.3. The van der Waals surface area contributed by atoms with E-state index in [0.717, 1.165) is 22.5 Å². The second kappa shape index (κ2) is 7.05. The second-order valence-corrected chi connectivity index (χ2v) is 7.47. The van der Waals surface area contributed by atoms with Crippen LogP contribution in [0.25, 0.3) is 27.8 Å². The van der Waals surface area contributed by atoms with Crippen LogP contribution in [-0.2, 0) is 6.54 Å². The standard InChI is InChI=1S/C24H18FN3O3/c1-14-11-19(15(2)28(14)17-9-7-16(25)8-10-17)20(29)12-27-13-26-22-18-5-3-4-6-21(18)31-23(22)24(27)30/h3-11,13H,12H2,1-2H3. The first-order chi connectivity index (χ1) is 14.9. The van der Waals surface area contributed by atoms with Gasteiger partial charge in [-0.3, -0.25) is 14.2 Å². The van der Waals surface area contributed by atoms with E-state index in [1.165, 1.54) is 23.0 Å². The lowest BCUT2D eigenvalue weighted by Gasteiger charge is -2.10. The first-order valence-electron chi connectivity index (χ1n) is 9.79. The van der Waals surface area contributed by atoms with Crippen LogP contribution in [0.5, 0.6) is 0 Å². The Bertz CT molecular complexity index is 1520. The van der Waals surface area contributed by atoms with Crippen molar-refractivity contribution in [3.8, 4) is 5.69 Å². The van der Waals surface area contributed by atoms with E-state index in [1.54, 1.807) is 24.3 Å². The predicted octanol–water partition coefficient (Wildman–Crippen LogP) is 4.57. The molecule has 0 spiro atoms. The molecule has 0 bridgehead atoms. The topological polar surface area (TPSA) is 70.0 Å². The quantitative estimate of drug-likeness (QED) is 0.403. The number of carbonyl (C=O) groups excluding carboxylic acids is 1. The molecular formula is C24H18FN3O3. The molecular weight excluding hydrogens is 397 g/mol. The lowest BCUT2D eigenvalue weighted by Crippen LogP contribution is -2.24. The SMILES string of the molecule is Cc1cc(C(=O)Cn2cnc3c(oc4ccccc43)c2=O)c(C)n1-c1ccc(F)cc1. The molecule has 0 N–H and O–H groups in total. The zero-order chi connectivity index (χ0) is 21.7. The van der Waals surface area contributed by atoms with Gasteiger partial charge in [0.2, 0.25) is 5.58 Å². The average Bonchev–Trinajstić information content (AvgIpc) is 3.28. The molecule has 0 amide bonds. The van der Waals surface area contributed by atoms with Gasteiger partial charge in [0.1, 0.15) is 16.9 Å². The lowest BCUT2D eigenvalue weighted by atomic mass is 10.1. The maximum Gasteiger partial charge on any atom is 0.297 e. The highest BCUT2D eigenvalue weighted by atomic mass is 19.1. The summed E-state index contributed by atoms with van der Waals surface area (Å²) in [5.74, 6) is -0.545. The number of rotatable bonds is 4. The number of benzene rings is 2. The Hall–Kier alpha value is -4.00. The van der Waals surface area contributed by atoms with E-state index in [1.807, 2.05) is 36.6 Å². The van der Waals surface area contributed by atoms with E-state index in [2.05, 4.69) is 4.98 Å². The Labute approximate surface area is 176 Å². The molecule has 0 aliphatic carbocycles. The number of halogens is 1. The summed E-state index contributed by atoms with van der Waals surface area (Å²) in [4.78, 5) is 30.3. The maximum atomic E-state index is 13.3. The van der Waals surface area contributed by atoms with Crippen LogP contribution in [0.3, 0.4) is 0 Å². The second-order valence-electron chi connectivity index (χ2n) is 7.47. The molecule has 5 aromatic rings. The van der Waals surface area contributed by atoms with Crippen molar-refractivity contribution in [3.63, 3.8) is 0 Å². The van der Waals surface area contributed by atoms with Crippen molar-refractivity contribution in [2.45, 2.75) is 20.4 Å². The van der Waals surface area contributed by atoms with Gasteiger partial charge in [-0.2, -0.15) is 0 Å². The van der Waals surface area contributed by atoms with Crippen molar-refractivity contribution in [1.29, 1.82) is 0 Å². The highest BCUT2D eigenvalue weighted by Crippen LogP contribution is 2.25. The number of carbonyl (C=O) groups is 1. The molecule has 0 saturated heterocycles. The first kappa shape index (κ1) is 19.0. The van der Waals surface area contributed by atoms with Gasteiger partial charge in [-0.1, -0.05) is 12.1 Å². The van der Waals surface area contributed by atoms with Crippen molar-refractivity contribution in [3.05, 3.63) is 94.0 Å². The zero-order valence-corrected chi connectivity index (χ0v) is 16.9. The summed E-state index contributed by atoms with van der Waals surface area (Å²) in [6, 6.07) is 15.1. The molecule has 0 aliphatic rings. The van der Waals surface area contributed by atoms with Gasteiger partial charge in [-0.25, -0.2) is 9.37 Å². The predicted molar refractivity (Wildman–Crippen MR) is 115 cm³/mol. The minimum Gasteiger partial charge on any atom is -0.448 e. The highest BCUT2D eigenvalue weighted by molar-refractivity contribution is 6.02. The minimum absolute atomic E-state index is 0.133. The number of aromatic nitrogens is 3. The molecule has 0 aliphatic heterocycles. The number of aryl methyl sites for hydroxylation is 1. The van der Waals surface area contributed by atoms with Crippen LogP contribution in [0.4, 0.5) is 4.39 Å². The van der Waals surface area contributed by atoms with Crippen molar-refractivity contribution < 1.29 is 13.6 Å². The molecule has 3 heterocycles. The number of Topliss-reactive ketones (excluding diaryl/α,β-unsaturated/α-hetero) is 1. The molecule has 0 saturated carbocycles. The normalized spacial score (nSPS) is 11.5. The summed E-state index contributed by atoms with van der Waals surface area (Å²) in [5, 5.41) is 0.760. The van der Waals surface area contributed by atoms with Gasteiger partial charge in [-0.05, 0) is 56.3 Å². The summed E-state index contributed by atoms with van der Waals surface area (Å²) in [6.45, 7) is 3.54. The number of furan rings is 1. The summed E-state index contributed by atoms with van der Waals surface area (Å²) < 4.78 is 22.1. The van der Waals surface area contributed by atoms with Gasteiger partial charge < -0.3 is 8.98 Å². The lowest BCUT2D eigenvalue weighted by molar-refractivity contribution is 0.0970. The molecule has 6 nitrogen and oxygen atoms in total.